The van der Waals surface area contributed by atoms with E-state index in [9.17, 15) is 0 Å². The van der Waals surface area contributed by atoms with E-state index in [-0.39, 0.29) is 59.1 Å². The first-order valence-electron chi connectivity index (χ1n) is 12.5. The molecule has 0 heterocycles. The summed E-state index contributed by atoms with van der Waals surface area (Å²) in [5.41, 5.74) is 0. The van der Waals surface area contributed by atoms with Crippen molar-refractivity contribution in [3.05, 3.63) is 60.7 Å². The largest absolute Gasteiger partial charge is 1.00 e. The van der Waals surface area contributed by atoms with Crippen molar-refractivity contribution in [2.75, 3.05) is 12.5 Å². The Labute approximate surface area is 276 Å². The Bertz CT molecular complexity index is 848. The van der Waals surface area contributed by atoms with Crippen molar-refractivity contribution in [2.45, 2.75) is 84.5 Å². The van der Waals surface area contributed by atoms with Gasteiger partial charge in [-0.05, 0) is 24.3 Å². The van der Waals surface area contributed by atoms with Gasteiger partial charge in [0.2, 0.25) is 0 Å². The Morgan fingerprint density at radius 1 is 0.526 bits per heavy atom. The summed E-state index contributed by atoms with van der Waals surface area (Å²) in [6, 6.07) is 19.5. The molecule has 0 fully saturated rings. The topological polar surface area (TPSA) is 124 Å². The summed E-state index contributed by atoms with van der Waals surface area (Å²) >= 11 is 0. The molecule has 0 amide bonds. The van der Waals surface area contributed by atoms with E-state index in [0.717, 1.165) is 11.5 Å². The maximum Gasteiger partial charge on any atom is 1.00 e. The minimum Gasteiger partial charge on any atom is -0.748 e. The maximum absolute atomic E-state index is 9.08. The normalized spacial score (nSPS) is 9.95. The van der Waals surface area contributed by atoms with Crippen LogP contribution in [0.3, 0.4) is 0 Å². The van der Waals surface area contributed by atoms with Crippen molar-refractivity contribution < 1.29 is 89.8 Å². The molecule has 0 bridgehead atoms. The Kier molecular flexibility index (Phi) is 35.6. The van der Waals surface area contributed by atoms with E-state index in [1.54, 1.807) is 0 Å². The summed E-state index contributed by atoms with van der Waals surface area (Å²) in [4.78, 5) is 0. The Morgan fingerprint density at radius 2 is 0.737 bits per heavy atom. The first kappa shape index (κ1) is 45.1. The van der Waals surface area contributed by atoms with Crippen molar-refractivity contribution in [1.29, 1.82) is 0 Å². The van der Waals surface area contributed by atoms with Gasteiger partial charge in [-0.15, -0.1) is 0 Å². The molecule has 0 aliphatic heterocycles. The van der Waals surface area contributed by atoms with Crippen molar-refractivity contribution >= 4 is 20.2 Å². The number of hydrogen-bond donors (Lipinski definition) is 0. The summed E-state index contributed by atoms with van der Waals surface area (Å²) < 4.78 is 60.0. The van der Waals surface area contributed by atoms with Gasteiger partial charge in [-0.25, -0.2) is 16.8 Å². The number of unbranched alkanes of at least 4 members (excludes halogenated alkanes) is 10. The third-order valence-electron chi connectivity index (χ3n) is 4.43. The molecule has 11 heteroatoms. The fraction of sp³-hybridized carbons (Fsp3) is 0.556. The molecular formula is C27H44Na2O7S2. The first-order valence-corrected chi connectivity index (χ1v) is 16.1. The molecular weight excluding hydrogens is 546 g/mol. The zero-order valence-electron chi connectivity index (χ0n) is 24.2. The Morgan fingerprint density at radius 3 is 0.947 bits per heavy atom. The molecule has 0 aliphatic rings. The molecule has 0 aromatic heterocycles. The Hall–Kier alpha value is 0.0600. The number of ether oxygens (including phenoxy) is 1. The standard InChI is InChI=1S/C13H28.C12H10O.2CH4O3S.2Na/c1-3-5-7-9-11-13-12-10-8-6-4-2;1-3-7-11(8-4-1)13-12-9-5-2-6-10-12;2*1-5(2,3)4;;/h3-13H2,1-2H3;1-10H;2*1H3,(H,2,3,4);;/q;;;;2*+1/p-2. The van der Waals surface area contributed by atoms with Crippen molar-refractivity contribution in [2.24, 2.45) is 0 Å². The molecule has 0 aliphatic carbocycles. The van der Waals surface area contributed by atoms with Crippen molar-refractivity contribution in [3.63, 3.8) is 0 Å². The van der Waals surface area contributed by atoms with Gasteiger partial charge in [0.25, 0.3) is 0 Å². The van der Waals surface area contributed by atoms with Crippen LogP contribution in [-0.2, 0) is 20.2 Å². The molecule has 0 unspecified atom stereocenters. The monoisotopic (exact) mass is 590 g/mol. The fourth-order valence-electron chi connectivity index (χ4n) is 2.85. The maximum atomic E-state index is 9.08. The zero-order chi connectivity index (χ0) is 27.7. The van der Waals surface area contributed by atoms with Gasteiger partial charge in [-0.3, -0.25) is 0 Å². The van der Waals surface area contributed by atoms with Crippen LogP contribution < -0.4 is 63.9 Å². The molecule has 2 aromatic carbocycles. The summed E-state index contributed by atoms with van der Waals surface area (Å²) in [6.07, 6.45) is 17.1. The average Bonchev–Trinajstić information content (AvgIpc) is 2.78. The minimum atomic E-state index is -3.92. The number of rotatable bonds is 12. The number of benzene rings is 2. The summed E-state index contributed by atoms with van der Waals surface area (Å²) in [5.74, 6) is 1.74. The fourth-order valence-corrected chi connectivity index (χ4v) is 2.85. The molecule has 7 nitrogen and oxygen atoms in total. The second-order valence-corrected chi connectivity index (χ2v) is 11.1. The molecule has 2 aromatic rings. The van der Waals surface area contributed by atoms with Gasteiger partial charge < -0.3 is 13.8 Å². The zero-order valence-corrected chi connectivity index (χ0v) is 29.9. The third kappa shape index (κ3) is 49.1. The average molecular weight is 591 g/mol. The van der Waals surface area contributed by atoms with Gasteiger partial charge in [0.15, 0.2) is 0 Å². The molecule has 0 spiro atoms. The summed E-state index contributed by atoms with van der Waals surface area (Å²) in [6.45, 7) is 4.56. The van der Waals surface area contributed by atoms with Gasteiger partial charge in [-0.1, -0.05) is 121 Å². The van der Waals surface area contributed by atoms with Gasteiger partial charge >= 0.3 is 59.1 Å². The predicted octanol–water partition coefficient (Wildman–Crippen LogP) is 1.13. The van der Waals surface area contributed by atoms with Crippen LogP contribution in [0.4, 0.5) is 0 Å². The van der Waals surface area contributed by atoms with Crippen LogP contribution in [0.5, 0.6) is 11.5 Å². The van der Waals surface area contributed by atoms with Crippen LogP contribution in [-0.4, -0.2) is 38.5 Å². The van der Waals surface area contributed by atoms with E-state index < -0.39 is 20.2 Å². The van der Waals surface area contributed by atoms with E-state index in [0.29, 0.717) is 12.5 Å². The SMILES string of the molecule is CCCCCCCCCCCCC.CS(=O)(=O)[O-].CS(=O)(=O)[O-].[Na+].[Na+].c1ccc(Oc2ccccc2)cc1. The molecule has 38 heavy (non-hydrogen) atoms. The van der Waals surface area contributed by atoms with Crippen LogP contribution in [0.1, 0.15) is 84.5 Å². The van der Waals surface area contributed by atoms with Gasteiger partial charge in [0.05, 0.1) is 20.2 Å². The van der Waals surface area contributed by atoms with E-state index >= 15 is 0 Å². The quantitative estimate of drug-likeness (QED) is 0.206. The van der Waals surface area contributed by atoms with Crippen molar-refractivity contribution in [3.8, 4) is 11.5 Å². The summed E-state index contributed by atoms with van der Waals surface area (Å²) in [7, 11) is -7.83. The van der Waals surface area contributed by atoms with E-state index in [4.69, 9.17) is 30.7 Å². The predicted molar refractivity (Wildman–Crippen MR) is 146 cm³/mol. The first-order chi connectivity index (χ1) is 16.9. The molecule has 0 saturated carbocycles. The van der Waals surface area contributed by atoms with Crippen molar-refractivity contribution in [1.82, 2.24) is 0 Å². The molecule has 208 valence electrons. The number of para-hydroxylation sites is 2. The van der Waals surface area contributed by atoms with Crippen LogP contribution in [0.15, 0.2) is 60.7 Å². The molecule has 0 N–H and O–H groups in total. The molecule has 0 radical (unpaired) electrons. The third-order valence-corrected chi connectivity index (χ3v) is 4.43. The number of hydrogen-bond acceptors (Lipinski definition) is 7. The van der Waals surface area contributed by atoms with E-state index in [1.165, 1.54) is 70.6 Å². The molecule has 0 atom stereocenters. The smallest absolute Gasteiger partial charge is 0.748 e. The molecule has 2 rings (SSSR count). The van der Waals surface area contributed by atoms with Crippen LogP contribution in [0.2, 0.25) is 0 Å². The van der Waals surface area contributed by atoms with Gasteiger partial charge in [-0.2, -0.15) is 0 Å². The van der Waals surface area contributed by atoms with Gasteiger partial charge in [0, 0.05) is 12.5 Å². The van der Waals surface area contributed by atoms with Crippen LogP contribution in [0, 0.1) is 0 Å². The van der Waals surface area contributed by atoms with Crippen LogP contribution in [0.25, 0.3) is 0 Å². The minimum absolute atomic E-state index is 0. The Balaban J connectivity index is -0.000000218. The second kappa shape index (κ2) is 30.0. The van der Waals surface area contributed by atoms with Crippen LogP contribution >= 0.6 is 0 Å². The van der Waals surface area contributed by atoms with E-state index in [1.807, 2.05) is 60.7 Å². The van der Waals surface area contributed by atoms with E-state index in [2.05, 4.69) is 13.8 Å². The van der Waals surface area contributed by atoms with Gasteiger partial charge in [0.1, 0.15) is 11.5 Å². The second-order valence-electron chi connectivity index (χ2n) is 8.32. The summed E-state index contributed by atoms with van der Waals surface area (Å²) in [5, 5.41) is 0. The molecule has 0 saturated heterocycles.